The molecule has 0 amide bonds. The topological polar surface area (TPSA) is 63.1 Å². The Morgan fingerprint density at radius 1 is 1.32 bits per heavy atom. The molecule has 0 bridgehead atoms. The van der Waals surface area contributed by atoms with Crippen LogP contribution in [0, 0.1) is 6.92 Å². The molecule has 1 N–H and O–H groups in total. The Hall–Kier alpha value is -2.23. The van der Waals surface area contributed by atoms with Gasteiger partial charge in [0.05, 0.1) is 11.3 Å². The SMILES string of the molecule is Cc1cccc(-c2ncc(C(=O)O)c(C(C)C)n2)c1. The van der Waals surface area contributed by atoms with E-state index in [2.05, 4.69) is 9.97 Å². The van der Waals surface area contributed by atoms with Crippen molar-refractivity contribution >= 4 is 5.97 Å². The van der Waals surface area contributed by atoms with Gasteiger partial charge in [0.2, 0.25) is 0 Å². The van der Waals surface area contributed by atoms with Crippen molar-refractivity contribution in [3.63, 3.8) is 0 Å². The van der Waals surface area contributed by atoms with E-state index in [0.29, 0.717) is 11.5 Å². The molecule has 0 aliphatic rings. The van der Waals surface area contributed by atoms with E-state index in [4.69, 9.17) is 5.11 Å². The summed E-state index contributed by atoms with van der Waals surface area (Å²) in [6.07, 6.45) is 1.39. The third-order valence-electron chi connectivity index (χ3n) is 2.87. The van der Waals surface area contributed by atoms with E-state index in [-0.39, 0.29) is 11.5 Å². The van der Waals surface area contributed by atoms with Gasteiger partial charge in [-0.05, 0) is 18.9 Å². The van der Waals surface area contributed by atoms with Gasteiger partial charge in [-0.1, -0.05) is 37.6 Å². The molecule has 0 atom stereocenters. The summed E-state index contributed by atoms with van der Waals surface area (Å²) in [7, 11) is 0. The van der Waals surface area contributed by atoms with Crippen LogP contribution in [-0.4, -0.2) is 21.0 Å². The van der Waals surface area contributed by atoms with Crippen LogP contribution < -0.4 is 0 Å². The number of carbonyl (C=O) groups is 1. The summed E-state index contributed by atoms with van der Waals surface area (Å²) in [5.41, 5.74) is 2.76. The van der Waals surface area contributed by atoms with E-state index in [1.807, 2.05) is 45.0 Å². The standard InChI is InChI=1S/C15H16N2O2/c1-9(2)13-12(15(18)19)8-16-14(17-13)11-6-4-5-10(3)7-11/h4-9H,1-3H3,(H,18,19). The Bertz CT molecular complexity index is 621. The predicted molar refractivity (Wildman–Crippen MR) is 73.3 cm³/mol. The largest absolute Gasteiger partial charge is 0.478 e. The van der Waals surface area contributed by atoms with Crippen LogP contribution in [0.3, 0.4) is 0 Å². The summed E-state index contributed by atoms with van der Waals surface area (Å²) in [6.45, 7) is 5.85. The van der Waals surface area contributed by atoms with E-state index < -0.39 is 5.97 Å². The number of aromatic nitrogens is 2. The second-order valence-electron chi connectivity index (χ2n) is 4.82. The van der Waals surface area contributed by atoms with Crippen molar-refractivity contribution in [3.05, 3.63) is 47.3 Å². The van der Waals surface area contributed by atoms with Gasteiger partial charge in [-0.2, -0.15) is 0 Å². The summed E-state index contributed by atoms with van der Waals surface area (Å²) >= 11 is 0. The minimum Gasteiger partial charge on any atom is -0.478 e. The number of hydrogen-bond donors (Lipinski definition) is 1. The third kappa shape index (κ3) is 2.78. The Balaban J connectivity index is 2.55. The molecule has 0 fully saturated rings. The van der Waals surface area contributed by atoms with Crippen molar-refractivity contribution in [2.45, 2.75) is 26.7 Å². The molecule has 19 heavy (non-hydrogen) atoms. The van der Waals surface area contributed by atoms with Crippen LogP contribution in [0.1, 0.15) is 41.4 Å². The molecule has 0 radical (unpaired) electrons. The highest BCUT2D eigenvalue weighted by Gasteiger charge is 2.16. The Morgan fingerprint density at radius 2 is 2.05 bits per heavy atom. The fourth-order valence-electron chi connectivity index (χ4n) is 1.92. The molecule has 1 aromatic heterocycles. The van der Waals surface area contributed by atoms with Gasteiger partial charge < -0.3 is 5.11 Å². The zero-order chi connectivity index (χ0) is 14.0. The Labute approximate surface area is 112 Å². The van der Waals surface area contributed by atoms with Crippen molar-refractivity contribution in [1.82, 2.24) is 9.97 Å². The monoisotopic (exact) mass is 256 g/mol. The van der Waals surface area contributed by atoms with Crippen LogP contribution in [-0.2, 0) is 0 Å². The molecule has 1 aromatic carbocycles. The highest BCUT2D eigenvalue weighted by Crippen LogP contribution is 2.22. The van der Waals surface area contributed by atoms with Crippen LogP contribution in [0.2, 0.25) is 0 Å². The molecule has 0 saturated carbocycles. The number of aryl methyl sites for hydroxylation is 1. The van der Waals surface area contributed by atoms with Crippen LogP contribution in [0.15, 0.2) is 30.5 Å². The van der Waals surface area contributed by atoms with Crippen molar-refractivity contribution in [1.29, 1.82) is 0 Å². The van der Waals surface area contributed by atoms with Gasteiger partial charge in [0.1, 0.15) is 0 Å². The number of nitrogens with zero attached hydrogens (tertiary/aromatic N) is 2. The normalized spacial score (nSPS) is 10.7. The first-order valence-electron chi connectivity index (χ1n) is 6.16. The molecule has 4 heteroatoms. The molecule has 0 aliphatic heterocycles. The van der Waals surface area contributed by atoms with Crippen LogP contribution in [0.25, 0.3) is 11.4 Å². The van der Waals surface area contributed by atoms with Crippen molar-refractivity contribution in [2.24, 2.45) is 0 Å². The molecule has 0 aliphatic carbocycles. The van der Waals surface area contributed by atoms with Gasteiger partial charge in [0, 0.05) is 11.8 Å². The minimum atomic E-state index is -0.987. The van der Waals surface area contributed by atoms with E-state index in [1.54, 1.807) is 0 Å². The quantitative estimate of drug-likeness (QED) is 0.915. The van der Waals surface area contributed by atoms with Crippen molar-refractivity contribution in [2.75, 3.05) is 0 Å². The van der Waals surface area contributed by atoms with Crippen molar-refractivity contribution < 1.29 is 9.90 Å². The fraction of sp³-hybridized carbons (Fsp3) is 0.267. The number of aromatic carboxylic acids is 1. The zero-order valence-corrected chi connectivity index (χ0v) is 11.2. The lowest BCUT2D eigenvalue weighted by molar-refractivity contribution is 0.0694. The van der Waals surface area contributed by atoms with Gasteiger partial charge in [-0.3, -0.25) is 0 Å². The summed E-state index contributed by atoms with van der Waals surface area (Å²) < 4.78 is 0. The number of benzene rings is 1. The van der Waals surface area contributed by atoms with Gasteiger partial charge >= 0.3 is 5.97 Å². The third-order valence-corrected chi connectivity index (χ3v) is 2.87. The number of rotatable bonds is 3. The number of hydrogen-bond acceptors (Lipinski definition) is 3. The second kappa shape index (κ2) is 5.18. The van der Waals surface area contributed by atoms with Gasteiger partial charge in [0.15, 0.2) is 5.82 Å². The molecule has 98 valence electrons. The molecule has 0 unspecified atom stereocenters. The Morgan fingerprint density at radius 3 is 2.63 bits per heavy atom. The van der Waals surface area contributed by atoms with Gasteiger partial charge in [0.25, 0.3) is 0 Å². The number of carboxylic acids is 1. The summed E-state index contributed by atoms with van der Waals surface area (Å²) in [5.74, 6) is -0.380. The van der Waals surface area contributed by atoms with Crippen molar-refractivity contribution in [3.8, 4) is 11.4 Å². The van der Waals surface area contributed by atoms with Crippen LogP contribution in [0.5, 0.6) is 0 Å². The van der Waals surface area contributed by atoms with Gasteiger partial charge in [-0.25, -0.2) is 14.8 Å². The maximum Gasteiger partial charge on any atom is 0.339 e. The lowest BCUT2D eigenvalue weighted by Crippen LogP contribution is -2.08. The fourth-order valence-corrected chi connectivity index (χ4v) is 1.92. The molecule has 2 aromatic rings. The minimum absolute atomic E-state index is 0.0395. The van der Waals surface area contributed by atoms with Crippen LogP contribution >= 0.6 is 0 Å². The van der Waals surface area contributed by atoms with E-state index in [9.17, 15) is 4.79 Å². The van der Waals surface area contributed by atoms with Gasteiger partial charge in [-0.15, -0.1) is 0 Å². The van der Waals surface area contributed by atoms with Crippen LogP contribution in [0.4, 0.5) is 0 Å². The lowest BCUT2D eigenvalue weighted by atomic mass is 10.0. The lowest BCUT2D eigenvalue weighted by Gasteiger charge is -2.10. The summed E-state index contributed by atoms with van der Waals surface area (Å²) in [4.78, 5) is 19.7. The smallest absolute Gasteiger partial charge is 0.339 e. The maximum absolute atomic E-state index is 11.1. The summed E-state index contributed by atoms with van der Waals surface area (Å²) in [6, 6.07) is 7.85. The van der Waals surface area contributed by atoms with E-state index in [0.717, 1.165) is 11.1 Å². The molecule has 0 saturated heterocycles. The molecular weight excluding hydrogens is 240 g/mol. The van der Waals surface area contributed by atoms with E-state index in [1.165, 1.54) is 6.20 Å². The highest BCUT2D eigenvalue weighted by atomic mass is 16.4. The molecular formula is C15H16N2O2. The first kappa shape index (κ1) is 13.2. The molecule has 0 spiro atoms. The average Bonchev–Trinajstić information content (AvgIpc) is 2.37. The summed E-state index contributed by atoms with van der Waals surface area (Å²) in [5, 5.41) is 9.14. The molecule has 2 rings (SSSR count). The predicted octanol–water partition coefficient (Wildman–Crippen LogP) is 3.27. The first-order valence-corrected chi connectivity index (χ1v) is 6.16. The molecule has 4 nitrogen and oxygen atoms in total. The maximum atomic E-state index is 11.1. The highest BCUT2D eigenvalue weighted by molar-refractivity contribution is 5.88. The van der Waals surface area contributed by atoms with E-state index >= 15 is 0 Å². The second-order valence-corrected chi connectivity index (χ2v) is 4.82. The average molecular weight is 256 g/mol. The Kier molecular flexibility index (Phi) is 3.60. The molecule has 1 heterocycles. The first-order chi connectivity index (χ1) is 8.99. The zero-order valence-electron chi connectivity index (χ0n) is 11.2. The number of carboxylic acid groups (broad SMARTS) is 1.